The maximum Gasteiger partial charge on any atom is 0.230 e. The van der Waals surface area contributed by atoms with Crippen LogP contribution in [0, 0.1) is 0 Å². The minimum Gasteiger partial charge on any atom is -0.351 e. The molecule has 120 valence electrons. The summed E-state index contributed by atoms with van der Waals surface area (Å²) in [5.74, 6) is 0.120. The van der Waals surface area contributed by atoms with E-state index in [4.69, 9.17) is 0 Å². The number of para-hydroxylation sites is 1. The molecule has 1 aliphatic carbocycles. The van der Waals surface area contributed by atoms with Crippen LogP contribution in [-0.2, 0) is 16.8 Å². The summed E-state index contributed by atoms with van der Waals surface area (Å²) < 4.78 is 1.96. The second-order valence-corrected chi connectivity index (χ2v) is 6.23. The molecule has 4 rings (SSSR count). The summed E-state index contributed by atoms with van der Waals surface area (Å²) in [6, 6.07) is 18.1. The van der Waals surface area contributed by atoms with Crippen molar-refractivity contribution in [3.8, 4) is 5.69 Å². The molecular weight excluding hydrogens is 298 g/mol. The van der Waals surface area contributed by atoms with E-state index in [0.717, 1.165) is 29.7 Å². The number of carbonyl (C=O) groups excluding carboxylic acids is 1. The first-order valence-corrected chi connectivity index (χ1v) is 8.20. The second-order valence-electron chi connectivity index (χ2n) is 6.23. The molecule has 0 unspecified atom stereocenters. The van der Waals surface area contributed by atoms with Gasteiger partial charge in [-0.3, -0.25) is 4.79 Å². The SMILES string of the molecule is O=C(NCc1ccccc1-n1ccnc1)C1(c2ccccc2)CC1. The Balaban J connectivity index is 1.51. The summed E-state index contributed by atoms with van der Waals surface area (Å²) in [4.78, 5) is 16.9. The number of imidazole rings is 1. The lowest BCUT2D eigenvalue weighted by Gasteiger charge is -2.17. The molecule has 4 nitrogen and oxygen atoms in total. The molecule has 4 heteroatoms. The van der Waals surface area contributed by atoms with E-state index in [1.54, 1.807) is 12.5 Å². The van der Waals surface area contributed by atoms with Crippen LogP contribution >= 0.6 is 0 Å². The van der Waals surface area contributed by atoms with Gasteiger partial charge in [0.25, 0.3) is 0 Å². The standard InChI is InChI=1S/C20H19N3O/c24-19(20(10-11-20)17-7-2-1-3-8-17)22-14-16-6-4-5-9-18(16)23-13-12-21-15-23/h1-9,12-13,15H,10-11,14H2,(H,22,24). The lowest BCUT2D eigenvalue weighted by atomic mass is 9.95. The van der Waals surface area contributed by atoms with E-state index in [1.165, 1.54) is 0 Å². The van der Waals surface area contributed by atoms with E-state index in [-0.39, 0.29) is 11.3 Å². The normalized spacial score (nSPS) is 15.0. The summed E-state index contributed by atoms with van der Waals surface area (Å²) >= 11 is 0. The fraction of sp³-hybridized carbons (Fsp3) is 0.200. The highest BCUT2D eigenvalue weighted by Gasteiger charge is 2.50. The van der Waals surface area contributed by atoms with E-state index in [9.17, 15) is 4.79 Å². The predicted octanol–water partition coefficient (Wildman–Crippen LogP) is 3.22. The van der Waals surface area contributed by atoms with Gasteiger partial charge < -0.3 is 9.88 Å². The third-order valence-corrected chi connectivity index (χ3v) is 4.72. The topological polar surface area (TPSA) is 46.9 Å². The molecule has 1 saturated carbocycles. The largest absolute Gasteiger partial charge is 0.351 e. The van der Waals surface area contributed by atoms with Gasteiger partial charge in [0.1, 0.15) is 0 Å². The molecule has 0 aliphatic heterocycles. The summed E-state index contributed by atoms with van der Waals surface area (Å²) in [6.45, 7) is 0.516. The fourth-order valence-electron chi connectivity index (χ4n) is 3.19. The zero-order valence-electron chi connectivity index (χ0n) is 13.4. The molecule has 0 saturated heterocycles. The van der Waals surface area contributed by atoms with E-state index >= 15 is 0 Å². The Hall–Kier alpha value is -2.88. The Morgan fingerprint density at radius 3 is 2.54 bits per heavy atom. The summed E-state index contributed by atoms with van der Waals surface area (Å²) in [6.07, 6.45) is 7.28. The number of nitrogens with zero attached hydrogens (tertiary/aromatic N) is 2. The number of rotatable bonds is 5. The average Bonchev–Trinajstić information content (AvgIpc) is 3.28. The third kappa shape index (κ3) is 2.60. The molecule has 24 heavy (non-hydrogen) atoms. The van der Waals surface area contributed by atoms with Crippen molar-refractivity contribution in [3.63, 3.8) is 0 Å². The van der Waals surface area contributed by atoms with Gasteiger partial charge >= 0.3 is 0 Å². The Bertz CT molecular complexity index is 836. The molecular formula is C20H19N3O. The van der Waals surface area contributed by atoms with Gasteiger partial charge in [0.15, 0.2) is 0 Å². The van der Waals surface area contributed by atoms with Crippen LogP contribution in [0.3, 0.4) is 0 Å². The van der Waals surface area contributed by atoms with Crippen LogP contribution in [-0.4, -0.2) is 15.5 Å². The van der Waals surface area contributed by atoms with E-state index in [1.807, 2.05) is 65.4 Å². The van der Waals surface area contributed by atoms with Gasteiger partial charge in [-0.1, -0.05) is 48.5 Å². The smallest absolute Gasteiger partial charge is 0.230 e. The van der Waals surface area contributed by atoms with Crippen molar-refractivity contribution >= 4 is 5.91 Å². The van der Waals surface area contributed by atoms with Gasteiger partial charge in [-0.15, -0.1) is 0 Å². The Morgan fingerprint density at radius 1 is 1.08 bits per heavy atom. The van der Waals surface area contributed by atoms with Crippen LogP contribution in [0.4, 0.5) is 0 Å². The van der Waals surface area contributed by atoms with Gasteiger partial charge in [-0.05, 0) is 30.0 Å². The van der Waals surface area contributed by atoms with Crippen molar-refractivity contribution in [1.29, 1.82) is 0 Å². The van der Waals surface area contributed by atoms with Crippen LogP contribution in [0.25, 0.3) is 5.69 Å². The molecule has 0 atom stereocenters. The first-order chi connectivity index (χ1) is 11.8. The highest BCUT2D eigenvalue weighted by Crippen LogP contribution is 2.48. The minimum atomic E-state index is -0.328. The second kappa shape index (κ2) is 5.96. The van der Waals surface area contributed by atoms with Crippen molar-refractivity contribution in [2.75, 3.05) is 0 Å². The van der Waals surface area contributed by atoms with E-state index in [0.29, 0.717) is 6.54 Å². The van der Waals surface area contributed by atoms with Crippen molar-refractivity contribution in [2.45, 2.75) is 24.8 Å². The maximum absolute atomic E-state index is 12.8. The molecule has 1 aliphatic rings. The highest BCUT2D eigenvalue weighted by molar-refractivity contribution is 5.91. The number of carbonyl (C=O) groups is 1. The summed E-state index contributed by atoms with van der Waals surface area (Å²) in [7, 11) is 0. The molecule has 0 bridgehead atoms. The van der Waals surface area contributed by atoms with Crippen LogP contribution < -0.4 is 5.32 Å². The first-order valence-electron chi connectivity index (χ1n) is 8.20. The van der Waals surface area contributed by atoms with Gasteiger partial charge in [-0.2, -0.15) is 0 Å². The number of aromatic nitrogens is 2. The number of hydrogen-bond donors (Lipinski definition) is 1. The fourth-order valence-corrected chi connectivity index (χ4v) is 3.19. The third-order valence-electron chi connectivity index (χ3n) is 4.72. The lowest BCUT2D eigenvalue weighted by Crippen LogP contribution is -2.34. The van der Waals surface area contributed by atoms with Crippen LogP contribution in [0.15, 0.2) is 73.3 Å². The molecule has 0 spiro atoms. The molecule has 1 amide bonds. The Morgan fingerprint density at radius 2 is 1.83 bits per heavy atom. The van der Waals surface area contributed by atoms with Crippen molar-refractivity contribution in [3.05, 3.63) is 84.4 Å². The van der Waals surface area contributed by atoms with Crippen molar-refractivity contribution < 1.29 is 4.79 Å². The summed E-state index contributed by atoms with van der Waals surface area (Å²) in [5, 5.41) is 3.13. The highest BCUT2D eigenvalue weighted by atomic mass is 16.2. The molecule has 1 fully saturated rings. The monoisotopic (exact) mass is 317 g/mol. The summed E-state index contributed by atoms with van der Waals surface area (Å²) in [5.41, 5.74) is 2.91. The quantitative estimate of drug-likeness (QED) is 0.785. The minimum absolute atomic E-state index is 0.120. The van der Waals surface area contributed by atoms with Crippen LogP contribution in [0.1, 0.15) is 24.0 Å². The van der Waals surface area contributed by atoms with Gasteiger partial charge in [-0.25, -0.2) is 4.98 Å². The van der Waals surface area contributed by atoms with Crippen LogP contribution in [0.5, 0.6) is 0 Å². The molecule has 1 N–H and O–H groups in total. The lowest BCUT2D eigenvalue weighted by molar-refractivity contribution is -0.123. The van der Waals surface area contributed by atoms with Crippen LogP contribution in [0.2, 0.25) is 0 Å². The zero-order chi connectivity index (χ0) is 16.4. The van der Waals surface area contributed by atoms with Crippen molar-refractivity contribution in [1.82, 2.24) is 14.9 Å². The van der Waals surface area contributed by atoms with Gasteiger partial charge in [0.2, 0.25) is 5.91 Å². The molecule has 1 heterocycles. The molecule has 3 aromatic rings. The maximum atomic E-state index is 12.8. The molecule has 1 aromatic heterocycles. The van der Waals surface area contributed by atoms with Crippen molar-refractivity contribution in [2.24, 2.45) is 0 Å². The first kappa shape index (κ1) is 14.7. The zero-order valence-corrected chi connectivity index (χ0v) is 13.4. The van der Waals surface area contributed by atoms with Gasteiger partial charge in [0, 0.05) is 18.9 Å². The number of benzene rings is 2. The predicted molar refractivity (Wildman–Crippen MR) is 92.8 cm³/mol. The number of hydrogen-bond acceptors (Lipinski definition) is 2. The van der Waals surface area contributed by atoms with Gasteiger partial charge in [0.05, 0.1) is 17.4 Å². The average molecular weight is 317 g/mol. The molecule has 0 radical (unpaired) electrons. The number of nitrogens with one attached hydrogen (secondary N) is 1. The Kier molecular flexibility index (Phi) is 3.65. The Labute approximate surface area is 141 Å². The number of amides is 1. The van der Waals surface area contributed by atoms with E-state index in [2.05, 4.69) is 10.3 Å². The van der Waals surface area contributed by atoms with E-state index < -0.39 is 0 Å². The molecule has 2 aromatic carbocycles.